The fourth-order valence-corrected chi connectivity index (χ4v) is 2.69. The summed E-state index contributed by atoms with van der Waals surface area (Å²) in [5.74, 6) is -0.280. The predicted molar refractivity (Wildman–Crippen MR) is 77.4 cm³/mol. The van der Waals surface area contributed by atoms with E-state index in [4.69, 9.17) is 0 Å². The lowest BCUT2D eigenvalue weighted by molar-refractivity contribution is -0.380. The molecule has 0 radical (unpaired) electrons. The molecule has 7 heteroatoms. The van der Waals surface area contributed by atoms with Gasteiger partial charge in [-0.3, -0.25) is 10.1 Å². The molecule has 2 aromatic rings. The molecule has 0 unspecified atom stereocenters. The summed E-state index contributed by atoms with van der Waals surface area (Å²) in [6.07, 6.45) is 0. The molecule has 0 atom stereocenters. The number of rotatable bonds is 4. The minimum absolute atomic E-state index is 0.112. The van der Waals surface area contributed by atoms with E-state index in [1.807, 2.05) is 22.6 Å². The summed E-state index contributed by atoms with van der Waals surface area (Å²) in [5.41, 5.74) is 0.687. The van der Waals surface area contributed by atoms with Crippen molar-refractivity contribution < 1.29 is 9.31 Å². The number of nitrogens with one attached hydrogen (secondary N) is 1. The van der Waals surface area contributed by atoms with Gasteiger partial charge in [0.1, 0.15) is 5.82 Å². The summed E-state index contributed by atoms with van der Waals surface area (Å²) in [7, 11) is 0. The maximum Gasteiger partial charge on any atom is 0.324 e. The molecule has 0 fully saturated rings. The van der Waals surface area contributed by atoms with Crippen LogP contribution in [-0.4, -0.2) is 4.92 Å². The zero-order valence-corrected chi connectivity index (χ0v) is 12.0. The van der Waals surface area contributed by atoms with Crippen molar-refractivity contribution in [3.05, 3.63) is 54.7 Å². The summed E-state index contributed by atoms with van der Waals surface area (Å²) >= 11 is 3.03. The Morgan fingerprint density at radius 1 is 1.39 bits per heavy atom. The van der Waals surface area contributed by atoms with Crippen molar-refractivity contribution >= 4 is 44.6 Å². The first-order valence-corrected chi connectivity index (χ1v) is 6.88. The molecule has 94 valence electrons. The van der Waals surface area contributed by atoms with E-state index in [9.17, 15) is 14.5 Å². The highest BCUT2D eigenvalue weighted by Gasteiger charge is 2.10. The van der Waals surface area contributed by atoms with Crippen LogP contribution in [0.15, 0.2) is 30.3 Å². The number of thiophene rings is 1. The Balaban J connectivity index is 2.07. The standard InChI is InChI=1S/C11H8FIN2O2S/c12-8-2-1-3-9(11(8)13)14-6-7-4-5-10(18-7)15(16)17/h1-5,14H,6H2. The number of benzene rings is 1. The summed E-state index contributed by atoms with van der Waals surface area (Å²) in [4.78, 5) is 11.0. The van der Waals surface area contributed by atoms with Gasteiger partial charge in [0, 0.05) is 17.5 Å². The highest BCUT2D eigenvalue weighted by Crippen LogP contribution is 2.26. The fraction of sp³-hybridized carbons (Fsp3) is 0.0909. The van der Waals surface area contributed by atoms with Gasteiger partial charge in [-0.25, -0.2) is 4.39 Å². The lowest BCUT2D eigenvalue weighted by Crippen LogP contribution is -2.00. The van der Waals surface area contributed by atoms with Gasteiger partial charge in [0.15, 0.2) is 0 Å². The predicted octanol–water partition coefficient (Wildman–Crippen LogP) is 4.01. The van der Waals surface area contributed by atoms with Gasteiger partial charge in [-0.1, -0.05) is 17.4 Å². The molecule has 4 nitrogen and oxygen atoms in total. The van der Waals surface area contributed by atoms with Crippen molar-refractivity contribution in [2.75, 3.05) is 5.32 Å². The maximum atomic E-state index is 13.3. The van der Waals surface area contributed by atoms with Gasteiger partial charge in [0.05, 0.1) is 14.2 Å². The third-order valence-electron chi connectivity index (χ3n) is 2.23. The van der Waals surface area contributed by atoms with Crippen molar-refractivity contribution in [2.24, 2.45) is 0 Å². The number of hydrogen-bond acceptors (Lipinski definition) is 4. The summed E-state index contributed by atoms with van der Waals surface area (Å²) < 4.78 is 13.8. The molecule has 0 saturated carbocycles. The molecule has 0 aliphatic carbocycles. The van der Waals surface area contributed by atoms with E-state index in [0.717, 1.165) is 16.2 Å². The fourth-order valence-electron chi connectivity index (χ4n) is 1.38. The lowest BCUT2D eigenvalue weighted by atomic mass is 10.3. The normalized spacial score (nSPS) is 10.3. The van der Waals surface area contributed by atoms with E-state index in [2.05, 4.69) is 5.32 Å². The summed E-state index contributed by atoms with van der Waals surface area (Å²) in [5, 5.41) is 13.7. The first-order valence-electron chi connectivity index (χ1n) is 4.99. The van der Waals surface area contributed by atoms with Crippen molar-refractivity contribution in [1.29, 1.82) is 0 Å². The molecular formula is C11H8FIN2O2S. The average Bonchev–Trinajstić information content (AvgIpc) is 2.80. The van der Waals surface area contributed by atoms with E-state index in [1.165, 1.54) is 12.1 Å². The molecule has 18 heavy (non-hydrogen) atoms. The van der Waals surface area contributed by atoms with Gasteiger partial charge in [-0.2, -0.15) is 0 Å². The Bertz CT molecular complexity index is 588. The second kappa shape index (κ2) is 5.61. The van der Waals surface area contributed by atoms with Gasteiger partial charge < -0.3 is 5.32 Å². The van der Waals surface area contributed by atoms with Crippen LogP contribution in [0.25, 0.3) is 0 Å². The van der Waals surface area contributed by atoms with Crippen molar-refractivity contribution in [1.82, 2.24) is 0 Å². The van der Waals surface area contributed by atoms with Crippen LogP contribution in [-0.2, 0) is 6.54 Å². The zero-order valence-electron chi connectivity index (χ0n) is 9.02. The molecule has 0 amide bonds. The van der Waals surface area contributed by atoms with E-state index in [0.29, 0.717) is 15.8 Å². The summed E-state index contributed by atoms with van der Waals surface area (Å²) in [6.45, 7) is 0.442. The zero-order chi connectivity index (χ0) is 13.1. The third-order valence-corrected chi connectivity index (χ3v) is 4.37. The van der Waals surface area contributed by atoms with E-state index < -0.39 is 4.92 Å². The van der Waals surface area contributed by atoms with Gasteiger partial charge in [0.25, 0.3) is 0 Å². The van der Waals surface area contributed by atoms with Crippen LogP contribution in [0.4, 0.5) is 15.1 Å². The van der Waals surface area contributed by atoms with Crippen LogP contribution in [0.5, 0.6) is 0 Å². The van der Waals surface area contributed by atoms with Crippen molar-refractivity contribution in [2.45, 2.75) is 6.54 Å². The largest absolute Gasteiger partial charge is 0.379 e. The minimum atomic E-state index is -0.417. The van der Waals surface area contributed by atoms with E-state index >= 15 is 0 Å². The van der Waals surface area contributed by atoms with Gasteiger partial charge in [-0.05, 0) is 40.8 Å². The highest BCUT2D eigenvalue weighted by molar-refractivity contribution is 14.1. The Hall–Kier alpha value is -1.22. The molecule has 2 rings (SSSR count). The Kier molecular flexibility index (Phi) is 4.12. The van der Waals surface area contributed by atoms with E-state index in [1.54, 1.807) is 18.2 Å². The van der Waals surface area contributed by atoms with Crippen molar-refractivity contribution in [3.63, 3.8) is 0 Å². The second-order valence-electron chi connectivity index (χ2n) is 3.45. The highest BCUT2D eigenvalue weighted by atomic mass is 127. The number of nitrogens with zero attached hydrogens (tertiary/aromatic N) is 1. The summed E-state index contributed by atoms with van der Waals surface area (Å²) in [6, 6.07) is 7.95. The SMILES string of the molecule is O=[N+]([O-])c1ccc(CNc2cccc(F)c2I)s1. The molecule has 0 aliphatic rings. The second-order valence-corrected chi connectivity index (χ2v) is 5.68. The molecule has 1 N–H and O–H groups in total. The molecular weight excluding hydrogens is 370 g/mol. The lowest BCUT2D eigenvalue weighted by Gasteiger charge is -2.07. The van der Waals surface area contributed by atoms with Crippen LogP contribution in [0.2, 0.25) is 0 Å². The minimum Gasteiger partial charge on any atom is -0.379 e. The molecule has 1 aromatic heterocycles. The Morgan fingerprint density at radius 3 is 2.83 bits per heavy atom. The van der Waals surface area contributed by atoms with Crippen LogP contribution in [0.3, 0.4) is 0 Å². The molecule has 0 aliphatic heterocycles. The number of halogens is 2. The van der Waals surface area contributed by atoms with Gasteiger partial charge in [0.2, 0.25) is 0 Å². The van der Waals surface area contributed by atoms with Crippen LogP contribution in [0.1, 0.15) is 4.88 Å². The van der Waals surface area contributed by atoms with Crippen molar-refractivity contribution in [3.8, 4) is 0 Å². The van der Waals surface area contributed by atoms with Gasteiger partial charge >= 0.3 is 5.00 Å². The Morgan fingerprint density at radius 2 is 2.17 bits per heavy atom. The Labute approximate surface area is 120 Å². The number of nitro groups is 1. The smallest absolute Gasteiger partial charge is 0.324 e. The molecule has 0 spiro atoms. The first-order chi connectivity index (χ1) is 8.58. The number of anilines is 1. The monoisotopic (exact) mass is 378 g/mol. The van der Waals surface area contributed by atoms with Crippen LogP contribution < -0.4 is 5.32 Å². The molecule has 0 saturated heterocycles. The molecule has 1 heterocycles. The molecule has 0 bridgehead atoms. The quantitative estimate of drug-likeness (QED) is 0.497. The average molecular weight is 378 g/mol. The van der Waals surface area contributed by atoms with Gasteiger partial charge in [-0.15, -0.1) is 0 Å². The third kappa shape index (κ3) is 2.96. The number of hydrogen-bond donors (Lipinski definition) is 1. The van der Waals surface area contributed by atoms with Crippen LogP contribution in [0, 0.1) is 19.5 Å². The first kappa shape index (κ1) is 13.2. The van der Waals surface area contributed by atoms with Crippen LogP contribution >= 0.6 is 33.9 Å². The maximum absolute atomic E-state index is 13.3. The molecule has 1 aromatic carbocycles. The van der Waals surface area contributed by atoms with E-state index in [-0.39, 0.29) is 10.8 Å². The topological polar surface area (TPSA) is 55.2 Å².